The van der Waals surface area contributed by atoms with Gasteiger partial charge in [-0.25, -0.2) is 14.5 Å². The van der Waals surface area contributed by atoms with Gasteiger partial charge in [-0.2, -0.15) is 4.99 Å². The zero-order chi connectivity index (χ0) is 32.7. The lowest BCUT2D eigenvalue weighted by molar-refractivity contribution is -0.274. The number of hydrogen-bond acceptors (Lipinski definition) is 5. The molecule has 8 nitrogen and oxygen atoms in total. The highest BCUT2D eigenvalue weighted by Crippen LogP contribution is 2.24. The number of unbranched alkanes of at least 4 members (excludes halogenated alkanes) is 1. The molecule has 0 unspecified atom stereocenters. The second-order valence-corrected chi connectivity index (χ2v) is 11.8. The zero-order valence-electron chi connectivity index (χ0n) is 25.8. The van der Waals surface area contributed by atoms with Crippen molar-refractivity contribution in [2.75, 3.05) is 6.54 Å². The average molecular weight is 649 g/mol. The number of aromatic nitrogens is 4. The summed E-state index contributed by atoms with van der Waals surface area (Å²) >= 11 is 1.46. The van der Waals surface area contributed by atoms with E-state index in [9.17, 15) is 18.0 Å². The number of aryl methyl sites for hydroxylation is 4. The van der Waals surface area contributed by atoms with E-state index in [0.29, 0.717) is 22.9 Å². The highest BCUT2D eigenvalue weighted by molar-refractivity contribution is 7.07. The first-order valence-electron chi connectivity index (χ1n) is 15.1. The summed E-state index contributed by atoms with van der Waals surface area (Å²) in [4.78, 5) is 22.1. The minimum Gasteiger partial charge on any atom is -0.406 e. The largest absolute Gasteiger partial charge is 0.573 e. The quantitative estimate of drug-likeness (QED) is 0.148. The van der Waals surface area contributed by atoms with Gasteiger partial charge in [-0.05, 0) is 86.6 Å². The minimum absolute atomic E-state index is 0.301. The van der Waals surface area contributed by atoms with Gasteiger partial charge < -0.3 is 10.1 Å². The molecule has 0 bridgehead atoms. The maximum atomic E-state index is 12.7. The number of ether oxygens (including phenoxy) is 1. The minimum atomic E-state index is -4.74. The predicted octanol–water partition coefficient (Wildman–Crippen LogP) is 7.89. The number of thiazole rings is 1. The number of nitrogens with one attached hydrogen (secondary N) is 1. The number of nitrogens with zero attached hydrogens (tertiary/aromatic N) is 5. The van der Waals surface area contributed by atoms with E-state index in [4.69, 9.17) is 0 Å². The van der Waals surface area contributed by atoms with Crippen LogP contribution >= 0.6 is 11.3 Å². The molecular weight excluding hydrogens is 613 g/mol. The topological polar surface area (TPSA) is 86.3 Å². The van der Waals surface area contributed by atoms with Crippen molar-refractivity contribution in [2.45, 2.75) is 59.2 Å². The third-order valence-electron chi connectivity index (χ3n) is 7.28. The highest BCUT2D eigenvalue weighted by Gasteiger charge is 2.31. The molecule has 46 heavy (non-hydrogen) atoms. The molecule has 0 spiro atoms. The number of hydrogen-bond donors (Lipinski definition) is 1. The van der Waals surface area contributed by atoms with E-state index in [1.165, 1.54) is 52.2 Å². The number of urea groups is 1. The molecule has 0 radical (unpaired) electrons. The lowest BCUT2D eigenvalue weighted by Crippen LogP contribution is -2.25. The molecule has 2 aromatic heterocycles. The number of amides is 2. The fraction of sp³-hybridized carbons (Fsp3) is 0.294. The van der Waals surface area contributed by atoms with Crippen LogP contribution < -0.4 is 14.9 Å². The summed E-state index contributed by atoms with van der Waals surface area (Å²) in [6.45, 7) is 6.79. The van der Waals surface area contributed by atoms with Crippen LogP contribution in [-0.4, -0.2) is 38.3 Å². The molecule has 0 aliphatic carbocycles. The number of halogens is 3. The highest BCUT2D eigenvalue weighted by atomic mass is 32.1. The molecule has 5 rings (SSSR count). The van der Waals surface area contributed by atoms with E-state index in [-0.39, 0.29) is 11.8 Å². The van der Waals surface area contributed by atoms with Crippen molar-refractivity contribution in [3.63, 3.8) is 0 Å². The van der Waals surface area contributed by atoms with Crippen LogP contribution in [-0.2, 0) is 12.8 Å². The molecule has 0 aliphatic heterocycles. The molecule has 0 fully saturated rings. The van der Waals surface area contributed by atoms with Gasteiger partial charge in [0, 0.05) is 23.2 Å². The average Bonchev–Trinajstić information content (AvgIpc) is 3.65. The molecule has 0 atom stereocenters. The van der Waals surface area contributed by atoms with Crippen molar-refractivity contribution in [1.29, 1.82) is 0 Å². The lowest BCUT2D eigenvalue weighted by Gasteiger charge is -2.13. The number of carbonyl (C=O) groups is 1. The van der Waals surface area contributed by atoms with Gasteiger partial charge in [-0.15, -0.1) is 29.6 Å². The van der Waals surface area contributed by atoms with Gasteiger partial charge in [-0.1, -0.05) is 49.7 Å². The lowest BCUT2D eigenvalue weighted by atomic mass is 10.1. The number of rotatable bonds is 11. The van der Waals surface area contributed by atoms with E-state index >= 15 is 0 Å². The van der Waals surface area contributed by atoms with Crippen molar-refractivity contribution >= 4 is 17.4 Å². The summed E-state index contributed by atoms with van der Waals surface area (Å²) in [6.07, 6.45) is 1.31. The van der Waals surface area contributed by atoms with Crippen LogP contribution in [0, 0.1) is 13.8 Å². The Bertz CT molecular complexity index is 1840. The van der Waals surface area contributed by atoms with Gasteiger partial charge in [0.2, 0.25) is 0 Å². The van der Waals surface area contributed by atoms with Crippen LogP contribution in [0.4, 0.5) is 18.0 Å². The standard InChI is InChI=1S/C34H35F3N6O2S/c1-4-7-26-12-9-23(2)20-30(26)43-24(3)21-46-33(43)40-32(44)38-19-6-5-8-25-10-13-27(14-11-25)31-39-22-42(41-31)28-15-17-29(18-16-28)45-34(35,36)37/h9-18,20-22H,4-8,19H2,1-3H3,(H,38,44). The molecule has 0 saturated carbocycles. The van der Waals surface area contributed by atoms with Gasteiger partial charge in [0.1, 0.15) is 12.1 Å². The van der Waals surface area contributed by atoms with Gasteiger partial charge in [-0.3, -0.25) is 4.57 Å². The fourth-order valence-corrected chi connectivity index (χ4v) is 5.91. The van der Waals surface area contributed by atoms with Crippen molar-refractivity contribution < 1.29 is 22.7 Å². The molecular formula is C34H35F3N6O2S. The van der Waals surface area contributed by atoms with Crippen LogP contribution in [0.25, 0.3) is 22.8 Å². The number of benzene rings is 3. The Kier molecular flexibility index (Phi) is 10.4. The zero-order valence-corrected chi connectivity index (χ0v) is 26.7. The molecule has 1 N–H and O–H groups in total. The smallest absolute Gasteiger partial charge is 0.406 e. The first kappa shape index (κ1) is 32.7. The predicted molar refractivity (Wildman–Crippen MR) is 172 cm³/mol. The van der Waals surface area contributed by atoms with E-state index in [0.717, 1.165) is 60.2 Å². The summed E-state index contributed by atoms with van der Waals surface area (Å²) in [5.74, 6) is 0.199. The first-order chi connectivity index (χ1) is 22.1. The van der Waals surface area contributed by atoms with E-state index < -0.39 is 6.36 Å². The Balaban J connectivity index is 1.11. The molecule has 2 heterocycles. The summed E-state index contributed by atoms with van der Waals surface area (Å²) in [5.41, 5.74) is 7.05. The summed E-state index contributed by atoms with van der Waals surface area (Å²) < 4.78 is 44.7. The van der Waals surface area contributed by atoms with Crippen LogP contribution in [0.2, 0.25) is 0 Å². The maximum Gasteiger partial charge on any atom is 0.573 e. The Morgan fingerprint density at radius 2 is 1.76 bits per heavy atom. The van der Waals surface area contributed by atoms with Crippen molar-refractivity contribution in [1.82, 2.24) is 24.6 Å². The van der Waals surface area contributed by atoms with Crippen LogP contribution in [0.3, 0.4) is 0 Å². The summed E-state index contributed by atoms with van der Waals surface area (Å²) in [7, 11) is 0. The Hall–Kier alpha value is -4.71. The molecule has 12 heteroatoms. The van der Waals surface area contributed by atoms with Crippen LogP contribution in [0.5, 0.6) is 5.75 Å². The summed E-state index contributed by atoms with van der Waals surface area (Å²) in [5, 5.41) is 9.40. The van der Waals surface area contributed by atoms with E-state index in [1.807, 2.05) is 36.6 Å². The van der Waals surface area contributed by atoms with Crippen molar-refractivity contribution in [3.05, 3.63) is 106 Å². The third-order valence-corrected chi connectivity index (χ3v) is 8.23. The number of carbonyl (C=O) groups excluding carboxylic acids is 1. The van der Waals surface area contributed by atoms with Crippen LogP contribution in [0.15, 0.2) is 83.4 Å². The number of alkyl halides is 3. The maximum absolute atomic E-state index is 12.7. The SMILES string of the molecule is CCCc1ccc(C)cc1-n1c(C)csc1=NC(=O)NCCCCc1ccc(-c2ncn(-c3ccc(OC(F)(F)F)cc3)n2)cc1. The molecule has 5 aromatic rings. The Morgan fingerprint density at radius 3 is 2.48 bits per heavy atom. The van der Waals surface area contributed by atoms with Crippen molar-refractivity contribution in [3.8, 4) is 28.5 Å². The Morgan fingerprint density at radius 1 is 1.00 bits per heavy atom. The van der Waals surface area contributed by atoms with E-state index in [1.54, 1.807) is 0 Å². The third kappa shape index (κ3) is 8.51. The normalized spacial score (nSPS) is 12.0. The van der Waals surface area contributed by atoms with Crippen LogP contribution in [0.1, 0.15) is 48.6 Å². The first-order valence-corrected chi connectivity index (χ1v) is 15.9. The molecule has 3 aromatic carbocycles. The summed E-state index contributed by atoms with van der Waals surface area (Å²) in [6, 6.07) is 19.4. The van der Waals surface area contributed by atoms with Gasteiger partial charge >= 0.3 is 12.4 Å². The Labute approximate surface area is 269 Å². The second-order valence-electron chi connectivity index (χ2n) is 10.9. The molecule has 0 saturated heterocycles. The van der Waals surface area contributed by atoms with Crippen molar-refractivity contribution in [2.24, 2.45) is 4.99 Å². The molecule has 2 amide bonds. The molecule has 240 valence electrons. The van der Waals surface area contributed by atoms with Gasteiger partial charge in [0.15, 0.2) is 10.6 Å². The van der Waals surface area contributed by atoms with E-state index in [2.05, 4.69) is 61.7 Å². The monoisotopic (exact) mass is 648 g/mol. The fourth-order valence-electron chi connectivity index (χ4n) is 5.04. The molecule has 0 aliphatic rings. The van der Waals surface area contributed by atoms with Gasteiger partial charge in [0.25, 0.3) is 0 Å². The second kappa shape index (κ2) is 14.6. The van der Waals surface area contributed by atoms with Gasteiger partial charge in [0.05, 0.1) is 11.4 Å².